The highest BCUT2D eigenvalue weighted by molar-refractivity contribution is 14.1. The molecule has 2 aromatic carbocycles. The Balaban J connectivity index is 1.46. The van der Waals surface area contributed by atoms with Crippen molar-refractivity contribution in [3.05, 3.63) is 57.8 Å². The number of anilines is 1. The van der Waals surface area contributed by atoms with Crippen LogP contribution in [0.1, 0.15) is 5.56 Å². The smallest absolute Gasteiger partial charge is 0.155 e. The number of ether oxygens (including phenoxy) is 1. The lowest BCUT2D eigenvalue weighted by atomic mass is 10.1. The van der Waals surface area contributed by atoms with Crippen LogP contribution in [0.3, 0.4) is 0 Å². The van der Waals surface area contributed by atoms with Gasteiger partial charge in [0, 0.05) is 50.0 Å². The minimum absolute atomic E-state index is 0.277. The van der Waals surface area contributed by atoms with Crippen LogP contribution in [0, 0.1) is 3.57 Å². The molecule has 3 aromatic rings. The molecule has 1 N–H and O–H groups in total. The number of benzene rings is 2. The third-order valence-corrected chi connectivity index (χ3v) is 5.93. The number of nitrogens with zero attached hydrogens (tertiary/aromatic N) is 3. The van der Waals surface area contributed by atoms with E-state index in [0.29, 0.717) is 5.52 Å². The summed E-state index contributed by atoms with van der Waals surface area (Å²) in [5.41, 5.74) is 3.15. The van der Waals surface area contributed by atoms with Crippen LogP contribution in [-0.2, 0) is 6.54 Å². The minimum Gasteiger partial charge on any atom is -0.505 e. The fraction of sp³-hybridized carbons (Fsp3) is 0.286. The molecule has 1 aromatic heterocycles. The number of aromatic nitrogens is 1. The van der Waals surface area contributed by atoms with E-state index in [2.05, 4.69) is 55.6 Å². The molecule has 0 atom stereocenters. The maximum absolute atomic E-state index is 10.3. The molecule has 140 valence electrons. The Morgan fingerprint density at radius 1 is 1.11 bits per heavy atom. The van der Waals surface area contributed by atoms with E-state index in [0.717, 1.165) is 47.4 Å². The van der Waals surface area contributed by atoms with Crippen LogP contribution in [0.5, 0.6) is 11.5 Å². The Labute approximate surface area is 172 Å². The van der Waals surface area contributed by atoms with Gasteiger partial charge in [0.2, 0.25) is 0 Å². The number of hydrogen-bond donors (Lipinski definition) is 1. The predicted octanol–water partition coefficient (Wildman–Crippen LogP) is 3.88. The Kier molecular flexibility index (Phi) is 5.36. The minimum atomic E-state index is 0.277. The van der Waals surface area contributed by atoms with Gasteiger partial charge in [-0.3, -0.25) is 9.88 Å². The molecule has 5 nitrogen and oxygen atoms in total. The summed E-state index contributed by atoms with van der Waals surface area (Å²) in [5, 5.41) is 11.3. The largest absolute Gasteiger partial charge is 0.505 e. The van der Waals surface area contributed by atoms with Gasteiger partial charge in [0.1, 0.15) is 11.3 Å². The molecule has 27 heavy (non-hydrogen) atoms. The normalized spacial score (nSPS) is 15.3. The van der Waals surface area contributed by atoms with E-state index < -0.39 is 0 Å². The lowest BCUT2D eigenvalue weighted by molar-refractivity contribution is 0.250. The molecular weight excluding hydrogens is 453 g/mol. The van der Waals surface area contributed by atoms with Gasteiger partial charge >= 0.3 is 0 Å². The molecule has 2 heterocycles. The van der Waals surface area contributed by atoms with E-state index in [4.69, 9.17) is 4.74 Å². The van der Waals surface area contributed by atoms with E-state index in [1.165, 1.54) is 11.3 Å². The van der Waals surface area contributed by atoms with Gasteiger partial charge in [-0.1, -0.05) is 6.07 Å². The molecule has 1 aliphatic rings. The van der Waals surface area contributed by atoms with Crippen molar-refractivity contribution < 1.29 is 9.84 Å². The number of fused-ring (bicyclic) bond motifs is 1. The topological polar surface area (TPSA) is 48.8 Å². The lowest BCUT2D eigenvalue weighted by Gasteiger charge is -2.36. The number of piperazine rings is 1. The van der Waals surface area contributed by atoms with Crippen LogP contribution < -0.4 is 9.64 Å². The fourth-order valence-corrected chi connectivity index (χ4v) is 4.23. The molecule has 0 aliphatic carbocycles. The molecule has 1 aliphatic heterocycles. The first-order chi connectivity index (χ1) is 13.2. The molecule has 4 rings (SSSR count). The molecular formula is C21H22IN3O2. The standard InChI is InChI=1S/C21H22IN3O2/c1-27-17-6-4-16(5-7-17)25-11-9-24(10-12-25)14-15-13-19(22)21(26)20-18(15)3-2-8-23-20/h2-8,13,26H,9-12,14H2,1H3. The highest BCUT2D eigenvalue weighted by Crippen LogP contribution is 2.32. The third kappa shape index (κ3) is 3.82. The van der Waals surface area contributed by atoms with E-state index in [-0.39, 0.29) is 5.75 Å². The number of halogens is 1. The van der Waals surface area contributed by atoms with Gasteiger partial charge in [0.25, 0.3) is 0 Å². The zero-order chi connectivity index (χ0) is 18.8. The van der Waals surface area contributed by atoms with E-state index in [1.807, 2.05) is 24.3 Å². The van der Waals surface area contributed by atoms with Gasteiger partial charge in [0.15, 0.2) is 5.75 Å². The first-order valence-corrected chi connectivity index (χ1v) is 10.1. The van der Waals surface area contributed by atoms with E-state index in [9.17, 15) is 5.11 Å². The first kappa shape index (κ1) is 18.3. The lowest BCUT2D eigenvalue weighted by Crippen LogP contribution is -2.46. The number of phenols is 1. The van der Waals surface area contributed by atoms with Crippen molar-refractivity contribution in [2.45, 2.75) is 6.54 Å². The predicted molar refractivity (Wildman–Crippen MR) is 117 cm³/mol. The monoisotopic (exact) mass is 475 g/mol. The molecule has 1 saturated heterocycles. The number of phenolic OH excluding ortho intramolecular Hbond substituents is 1. The second kappa shape index (κ2) is 7.90. The van der Waals surface area contributed by atoms with Crippen molar-refractivity contribution in [1.29, 1.82) is 0 Å². The zero-order valence-corrected chi connectivity index (χ0v) is 17.4. The van der Waals surface area contributed by atoms with Crippen molar-refractivity contribution >= 4 is 39.2 Å². The van der Waals surface area contributed by atoms with Crippen LogP contribution >= 0.6 is 22.6 Å². The van der Waals surface area contributed by atoms with Crippen molar-refractivity contribution in [3.63, 3.8) is 0 Å². The van der Waals surface area contributed by atoms with Crippen molar-refractivity contribution in [2.75, 3.05) is 38.2 Å². The molecule has 0 amide bonds. The summed E-state index contributed by atoms with van der Waals surface area (Å²) in [6, 6.07) is 14.3. The van der Waals surface area contributed by atoms with Gasteiger partial charge < -0.3 is 14.7 Å². The van der Waals surface area contributed by atoms with Crippen LogP contribution in [0.15, 0.2) is 48.7 Å². The fourth-order valence-electron chi connectivity index (χ4n) is 3.59. The van der Waals surface area contributed by atoms with Crippen molar-refractivity contribution in [3.8, 4) is 11.5 Å². The Hall–Kier alpha value is -2.06. The summed E-state index contributed by atoms with van der Waals surface area (Å²) in [6.07, 6.45) is 1.73. The summed E-state index contributed by atoms with van der Waals surface area (Å²) in [5.74, 6) is 1.17. The van der Waals surface area contributed by atoms with Crippen molar-refractivity contribution in [1.82, 2.24) is 9.88 Å². The second-order valence-electron chi connectivity index (χ2n) is 6.73. The van der Waals surface area contributed by atoms with Gasteiger partial charge in [0.05, 0.1) is 10.7 Å². The Morgan fingerprint density at radius 2 is 1.85 bits per heavy atom. The van der Waals surface area contributed by atoms with Gasteiger partial charge in [-0.05, 0) is 64.6 Å². The number of hydrogen-bond acceptors (Lipinski definition) is 5. The summed E-state index contributed by atoms with van der Waals surface area (Å²) in [7, 11) is 1.69. The van der Waals surface area contributed by atoms with Gasteiger partial charge in [-0.25, -0.2) is 0 Å². The Morgan fingerprint density at radius 3 is 2.56 bits per heavy atom. The van der Waals surface area contributed by atoms with Crippen LogP contribution in [-0.4, -0.2) is 48.3 Å². The molecule has 6 heteroatoms. The second-order valence-corrected chi connectivity index (χ2v) is 7.89. The van der Waals surface area contributed by atoms with Gasteiger partial charge in [-0.15, -0.1) is 0 Å². The third-order valence-electron chi connectivity index (χ3n) is 5.11. The van der Waals surface area contributed by atoms with Crippen LogP contribution in [0.25, 0.3) is 10.9 Å². The molecule has 1 fully saturated rings. The summed E-state index contributed by atoms with van der Waals surface area (Å²) in [4.78, 5) is 9.25. The van der Waals surface area contributed by atoms with Crippen molar-refractivity contribution in [2.24, 2.45) is 0 Å². The highest BCUT2D eigenvalue weighted by atomic mass is 127. The van der Waals surface area contributed by atoms with Crippen LogP contribution in [0.4, 0.5) is 5.69 Å². The summed E-state index contributed by atoms with van der Waals surface area (Å²) < 4.78 is 6.10. The SMILES string of the molecule is COc1ccc(N2CCN(Cc3cc(I)c(O)c4ncccc34)CC2)cc1. The number of aromatic hydroxyl groups is 1. The maximum atomic E-state index is 10.3. The molecule has 0 saturated carbocycles. The van der Waals surface area contributed by atoms with E-state index >= 15 is 0 Å². The van der Waals surface area contributed by atoms with Gasteiger partial charge in [-0.2, -0.15) is 0 Å². The first-order valence-electron chi connectivity index (χ1n) is 9.02. The molecule has 0 radical (unpaired) electrons. The number of pyridine rings is 1. The quantitative estimate of drug-likeness (QED) is 0.581. The zero-order valence-electron chi connectivity index (χ0n) is 15.2. The summed E-state index contributed by atoms with van der Waals surface area (Å²) >= 11 is 2.18. The molecule has 0 spiro atoms. The number of rotatable bonds is 4. The molecule has 0 bridgehead atoms. The molecule has 0 unspecified atom stereocenters. The highest BCUT2D eigenvalue weighted by Gasteiger charge is 2.19. The Bertz CT molecular complexity index is 938. The maximum Gasteiger partial charge on any atom is 0.155 e. The summed E-state index contributed by atoms with van der Waals surface area (Å²) in [6.45, 7) is 4.88. The number of methoxy groups -OCH3 is 1. The average molecular weight is 475 g/mol. The van der Waals surface area contributed by atoms with E-state index in [1.54, 1.807) is 13.3 Å². The average Bonchev–Trinajstić information content (AvgIpc) is 2.72. The van der Waals surface area contributed by atoms with Crippen LogP contribution in [0.2, 0.25) is 0 Å².